The van der Waals surface area contributed by atoms with E-state index in [4.69, 9.17) is 4.74 Å². The van der Waals surface area contributed by atoms with E-state index in [0.717, 1.165) is 41.4 Å². The van der Waals surface area contributed by atoms with Crippen molar-refractivity contribution in [3.63, 3.8) is 0 Å². The molecule has 0 aliphatic carbocycles. The Labute approximate surface area is 162 Å². The van der Waals surface area contributed by atoms with Crippen molar-refractivity contribution in [2.75, 3.05) is 18.0 Å². The summed E-state index contributed by atoms with van der Waals surface area (Å²) in [6.45, 7) is 6.32. The highest BCUT2D eigenvalue weighted by atomic mass is 16.5. The van der Waals surface area contributed by atoms with Crippen LogP contribution in [0.15, 0.2) is 42.3 Å². The molecule has 2 aliphatic rings. The van der Waals surface area contributed by atoms with E-state index >= 15 is 0 Å². The smallest absolute Gasteiger partial charge is 0.214 e. The Balaban J connectivity index is 1.37. The molecule has 1 saturated heterocycles. The molecule has 0 bridgehead atoms. The summed E-state index contributed by atoms with van der Waals surface area (Å²) in [6, 6.07) is 4.33. The average molecular weight is 376 g/mol. The summed E-state index contributed by atoms with van der Waals surface area (Å²) in [5, 5.41) is 7.75. The number of fused-ring (bicyclic) bond motifs is 1. The highest BCUT2D eigenvalue weighted by Crippen LogP contribution is 2.29. The molecule has 0 atom stereocenters. The number of aliphatic imine (C=N–C) groups is 1. The number of hydrogen-bond acceptors (Lipinski definition) is 8. The highest BCUT2D eigenvalue weighted by molar-refractivity contribution is 6.14. The molecular weight excluding hydrogens is 356 g/mol. The minimum Gasteiger partial charge on any atom is -0.475 e. The van der Waals surface area contributed by atoms with Crippen molar-refractivity contribution in [1.82, 2.24) is 29.7 Å². The summed E-state index contributed by atoms with van der Waals surface area (Å²) in [4.78, 5) is 20.2. The van der Waals surface area contributed by atoms with Gasteiger partial charge in [-0.15, -0.1) is 10.2 Å². The average Bonchev–Trinajstić information content (AvgIpc) is 3.30. The molecule has 3 aromatic heterocycles. The maximum absolute atomic E-state index is 5.74. The molecule has 9 heteroatoms. The van der Waals surface area contributed by atoms with Gasteiger partial charge < -0.3 is 14.2 Å². The minimum atomic E-state index is 0.0723. The second-order valence-electron chi connectivity index (χ2n) is 7.24. The molecule has 0 spiro atoms. The summed E-state index contributed by atoms with van der Waals surface area (Å²) >= 11 is 0. The van der Waals surface area contributed by atoms with Crippen molar-refractivity contribution in [1.29, 1.82) is 0 Å². The third-order valence-corrected chi connectivity index (χ3v) is 4.92. The summed E-state index contributed by atoms with van der Waals surface area (Å²) in [5.41, 5.74) is 3.80. The molecule has 5 rings (SSSR count). The Bertz CT molecular complexity index is 1020. The molecule has 9 nitrogen and oxygen atoms in total. The van der Waals surface area contributed by atoms with Gasteiger partial charge in [-0.2, -0.15) is 0 Å². The number of ether oxygens (including phenoxy) is 1. The fourth-order valence-corrected chi connectivity index (χ4v) is 3.46. The minimum absolute atomic E-state index is 0.0723. The molecule has 5 heterocycles. The number of rotatable bonds is 5. The molecule has 3 aromatic rings. The Morgan fingerprint density at radius 1 is 1.07 bits per heavy atom. The van der Waals surface area contributed by atoms with Crippen molar-refractivity contribution in [3.05, 3.63) is 54.1 Å². The van der Waals surface area contributed by atoms with E-state index in [1.807, 2.05) is 36.7 Å². The third-order valence-electron chi connectivity index (χ3n) is 4.92. The molecule has 0 aromatic carbocycles. The molecule has 0 radical (unpaired) electrons. The van der Waals surface area contributed by atoms with Gasteiger partial charge in [-0.25, -0.2) is 15.0 Å². The maximum atomic E-state index is 5.74. The van der Waals surface area contributed by atoms with Gasteiger partial charge in [0, 0.05) is 42.5 Å². The molecule has 0 N–H and O–H groups in total. The highest BCUT2D eigenvalue weighted by Gasteiger charge is 2.30. The van der Waals surface area contributed by atoms with Gasteiger partial charge in [0.15, 0.2) is 0 Å². The van der Waals surface area contributed by atoms with Crippen molar-refractivity contribution < 1.29 is 4.74 Å². The van der Waals surface area contributed by atoms with Gasteiger partial charge in [0.1, 0.15) is 24.8 Å². The zero-order chi connectivity index (χ0) is 19.1. The Morgan fingerprint density at radius 3 is 2.68 bits per heavy atom. The Hall–Kier alpha value is -3.36. The largest absolute Gasteiger partial charge is 0.475 e. The monoisotopic (exact) mass is 376 g/mol. The van der Waals surface area contributed by atoms with Crippen molar-refractivity contribution >= 4 is 11.5 Å². The summed E-state index contributed by atoms with van der Waals surface area (Å²) < 4.78 is 7.77. The number of anilines is 1. The molecule has 28 heavy (non-hydrogen) atoms. The predicted molar refractivity (Wildman–Crippen MR) is 103 cm³/mol. The SMILES string of the molecule is CC(C)Oc1cc2c(cn1)CN=C2c1cc(N2CC(n3cnnc3)C2)ncn1. The molecule has 0 unspecified atom stereocenters. The van der Waals surface area contributed by atoms with E-state index in [1.165, 1.54) is 0 Å². The maximum Gasteiger partial charge on any atom is 0.214 e. The molecule has 0 amide bonds. The molecule has 0 saturated carbocycles. The van der Waals surface area contributed by atoms with Gasteiger partial charge in [-0.1, -0.05) is 0 Å². The molecule has 142 valence electrons. The fourth-order valence-electron chi connectivity index (χ4n) is 3.46. The van der Waals surface area contributed by atoms with Gasteiger partial charge in [0.25, 0.3) is 0 Å². The van der Waals surface area contributed by atoms with Crippen LogP contribution in [0.5, 0.6) is 5.88 Å². The van der Waals surface area contributed by atoms with E-state index in [0.29, 0.717) is 18.5 Å². The second-order valence-corrected chi connectivity index (χ2v) is 7.24. The molecular formula is C19H20N8O. The first-order valence-corrected chi connectivity index (χ1v) is 9.29. The second kappa shape index (κ2) is 6.66. The zero-order valence-electron chi connectivity index (χ0n) is 15.7. The first kappa shape index (κ1) is 16.8. The van der Waals surface area contributed by atoms with E-state index in [9.17, 15) is 0 Å². The van der Waals surface area contributed by atoms with E-state index in [-0.39, 0.29) is 6.10 Å². The number of aromatic nitrogens is 6. The van der Waals surface area contributed by atoms with Crippen LogP contribution in [0.3, 0.4) is 0 Å². The lowest BCUT2D eigenvalue weighted by Gasteiger charge is -2.40. The van der Waals surface area contributed by atoms with Crippen LogP contribution in [0.4, 0.5) is 5.82 Å². The van der Waals surface area contributed by atoms with Gasteiger partial charge in [0.2, 0.25) is 5.88 Å². The third kappa shape index (κ3) is 2.98. The van der Waals surface area contributed by atoms with E-state index in [2.05, 4.69) is 35.0 Å². The lowest BCUT2D eigenvalue weighted by atomic mass is 10.0. The number of hydrogen-bond donors (Lipinski definition) is 0. The van der Waals surface area contributed by atoms with Crippen LogP contribution < -0.4 is 9.64 Å². The Morgan fingerprint density at radius 2 is 1.89 bits per heavy atom. The van der Waals surface area contributed by atoms with Gasteiger partial charge in [-0.05, 0) is 13.8 Å². The van der Waals surface area contributed by atoms with Crippen LogP contribution in [0.25, 0.3) is 0 Å². The van der Waals surface area contributed by atoms with E-state index < -0.39 is 0 Å². The Kier molecular flexibility index (Phi) is 4.00. The van der Waals surface area contributed by atoms with Crippen LogP contribution in [-0.4, -0.2) is 54.6 Å². The van der Waals surface area contributed by atoms with Crippen molar-refractivity contribution in [3.8, 4) is 5.88 Å². The zero-order valence-corrected chi connectivity index (χ0v) is 15.7. The van der Waals surface area contributed by atoms with Gasteiger partial charge >= 0.3 is 0 Å². The van der Waals surface area contributed by atoms with Crippen LogP contribution in [0.2, 0.25) is 0 Å². The van der Waals surface area contributed by atoms with Crippen LogP contribution in [-0.2, 0) is 6.54 Å². The van der Waals surface area contributed by atoms with Crippen LogP contribution >= 0.6 is 0 Å². The van der Waals surface area contributed by atoms with Crippen molar-refractivity contribution in [2.24, 2.45) is 4.99 Å². The van der Waals surface area contributed by atoms with Gasteiger partial charge in [-0.3, -0.25) is 4.99 Å². The van der Waals surface area contributed by atoms with Crippen molar-refractivity contribution in [2.45, 2.75) is 32.5 Å². The number of pyridine rings is 1. The van der Waals surface area contributed by atoms with Crippen LogP contribution in [0.1, 0.15) is 36.7 Å². The lowest BCUT2D eigenvalue weighted by molar-refractivity contribution is 0.232. The quantitative estimate of drug-likeness (QED) is 0.668. The molecule has 2 aliphatic heterocycles. The fraction of sp³-hybridized carbons (Fsp3) is 0.368. The van der Waals surface area contributed by atoms with Crippen LogP contribution in [0, 0.1) is 0 Å². The topological polar surface area (TPSA) is 94.2 Å². The first-order valence-electron chi connectivity index (χ1n) is 9.29. The standard InChI is InChI=1S/C19H20N8O/c1-12(2)28-18-3-15-13(5-20-18)6-21-19(15)16-4-17(23-9-22-16)26-7-14(8-26)27-10-24-25-11-27/h3-5,9-12,14H,6-8H2,1-2H3. The van der Waals surface area contributed by atoms with Gasteiger partial charge in [0.05, 0.1) is 30.1 Å². The predicted octanol–water partition coefficient (Wildman–Crippen LogP) is 1.66. The first-order chi connectivity index (χ1) is 13.7. The molecule has 1 fully saturated rings. The summed E-state index contributed by atoms with van der Waals surface area (Å²) in [5.74, 6) is 1.51. The number of nitrogens with zero attached hydrogens (tertiary/aromatic N) is 8. The van der Waals surface area contributed by atoms with E-state index in [1.54, 1.807) is 19.0 Å². The lowest BCUT2D eigenvalue weighted by Crippen LogP contribution is -2.48. The normalized spacial score (nSPS) is 16.1. The summed E-state index contributed by atoms with van der Waals surface area (Å²) in [6.07, 6.45) is 7.02. The summed E-state index contributed by atoms with van der Waals surface area (Å²) in [7, 11) is 0.